The number of carboxylic acids is 1. The minimum Gasteiger partial charge on any atom is -0.481 e. The number of carbonyl (C=O) groups excluding carboxylic acids is 1. The summed E-state index contributed by atoms with van der Waals surface area (Å²) >= 11 is 3.39. The standard InChI is InChI=1S/C15H18BrN3O3/c1-10-14(19-9-11(16)6-7-12(19)18-10)15(22)17-8-4-2-3-5-13(20)21/h6-7,9H,2-5,8H2,1H3,(H,17,22)(H,20,21). The first kappa shape index (κ1) is 16.5. The van der Waals surface area contributed by atoms with Crippen LogP contribution in [-0.4, -0.2) is 32.9 Å². The fourth-order valence-electron chi connectivity index (χ4n) is 2.27. The van der Waals surface area contributed by atoms with Crippen molar-refractivity contribution in [2.24, 2.45) is 0 Å². The highest BCUT2D eigenvalue weighted by Gasteiger charge is 2.16. The van der Waals surface area contributed by atoms with E-state index in [1.807, 2.05) is 25.3 Å². The molecule has 0 saturated carbocycles. The van der Waals surface area contributed by atoms with Crippen LogP contribution in [0.4, 0.5) is 0 Å². The number of imidazole rings is 1. The largest absolute Gasteiger partial charge is 0.481 e. The number of amides is 1. The first-order valence-corrected chi connectivity index (χ1v) is 7.92. The SMILES string of the molecule is Cc1nc2ccc(Br)cn2c1C(=O)NCCCCCC(=O)O. The van der Waals surface area contributed by atoms with Gasteiger partial charge in [0.15, 0.2) is 0 Å². The summed E-state index contributed by atoms with van der Waals surface area (Å²) in [7, 11) is 0. The van der Waals surface area contributed by atoms with Gasteiger partial charge in [0.05, 0.1) is 5.69 Å². The van der Waals surface area contributed by atoms with E-state index in [0.717, 1.165) is 23.0 Å². The molecule has 2 N–H and O–H groups in total. The quantitative estimate of drug-likeness (QED) is 0.737. The predicted octanol–water partition coefficient (Wildman–Crippen LogP) is 2.78. The highest BCUT2D eigenvalue weighted by molar-refractivity contribution is 9.10. The predicted molar refractivity (Wildman–Crippen MR) is 86.1 cm³/mol. The molecule has 7 heteroatoms. The maximum absolute atomic E-state index is 12.3. The van der Waals surface area contributed by atoms with Crippen LogP contribution in [0.25, 0.3) is 5.65 Å². The highest BCUT2D eigenvalue weighted by atomic mass is 79.9. The van der Waals surface area contributed by atoms with Gasteiger partial charge in [-0.1, -0.05) is 6.42 Å². The van der Waals surface area contributed by atoms with Crippen LogP contribution < -0.4 is 5.32 Å². The first-order chi connectivity index (χ1) is 10.5. The number of fused-ring (bicyclic) bond motifs is 1. The minimum atomic E-state index is -0.782. The summed E-state index contributed by atoms with van der Waals surface area (Å²) in [6.07, 6.45) is 4.17. The van der Waals surface area contributed by atoms with Gasteiger partial charge in [0.2, 0.25) is 0 Å². The Bertz CT molecular complexity index is 697. The van der Waals surface area contributed by atoms with E-state index in [2.05, 4.69) is 26.2 Å². The van der Waals surface area contributed by atoms with Gasteiger partial charge in [0.25, 0.3) is 5.91 Å². The Morgan fingerprint density at radius 1 is 1.32 bits per heavy atom. The van der Waals surface area contributed by atoms with E-state index in [0.29, 0.717) is 24.4 Å². The zero-order valence-corrected chi connectivity index (χ0v) is 13.9. The summed E-state index contributed by atoms with van der Waals surface area (Å²) in [5, 5.41) is 11.4. The van der Waals surface area contributed by atoms with Gasteiger partial charge in [-0.05, 0) is 47.8 Å². The highest BCUT2D eigenvalue weighted by Crippen LogP contribution is 2.16. The lowest BCUT2D eigenvalue weighted by Crippen LogP contribution is -2.26. The Morgan fingerprint density at radius 3 is 2.82 bits per heavy atom. The first-order valence-electron chi connectivity index (χ1n) is 7.13. The van der Waals surface area contributed by atoms with Crippen molar-refractivity contribution in [2.45, 2.75) is 32.6 Å². The van der Waals surface area contributed by atoms with Crippen molar-refractivity contribution in [3.63, 3.8) is 0 Å². The molecule has 22 heavy (non-hydrogen) atoms. The second kappa shape index (κ2) is 7.40. The molecule has 0 bridgehead atoms. The maximum atomic E-state index is 12.3. The Morgan fingerprint density at radius 2 is 2.09 bits per heavy atom. The van der Waals surface area contributed by atoms with Crippen LogP contribution in [0, 0.1) is 6.92 Å². The van der Waals surface area contributed by atoms with Crippen LogP contribution in [0.3, 0.4) is 0 Å². The molecular formula is C15H18BrN3O3. The number of aromatic nitrogens is 2. The molecule has 1 amide bonds. The van der Waals surface area contributed by atoms with Crippen molar-refractivity contribution in [3.05, 3.63) is 34.2 Å². The van der Waals surface area contributed by atoms with E-state index in [1.165, 1.54) is 0 Å². The fraction of sp³-hybridized carbons (Fsp3) is 0.400. The zero-order chi connectivity index (χ0) is 16.1. The van der Waals surface area contributed by atoms with E-state index >= 15 is 0 Å². The number of aryl methyl sites for hydroxylation is 1. The second-order valence-electron chi connectivity index (χ2n) is 5.08. The summed E-state index contributed by atoms with van der Waals surface area (Å²) < 4.78 is 2.64. The van der Waals surface area contributed by atoms with Gasteiger partial charge in [-0.2, -0.15) is 0 Å². The van der Waals surface area contributed by atoms with Crippen LogP contribution in [0.2, 0.25) is 0 Å². The Kier molecular flexibility index (Phi) is 5.54. The Hall–Kier alpha value is -1.89. The molecule has 0 aliphatic rings. The van der Waals surface area contributed by atoms with Gasteiger partial charge in [-0.3, -0.25) is 14.0 Å². The molecule has 0 aromatic carbocycles. The number of pyridine rings is 1. The van der Waals surface area contributed by atoms with Crippen molar-refractivity contribution in [3.8, 4) is 0 Å². The molecule has 0 unspecified atom stereocenters. The van der Waals surface area contributed by atoms with Gasteiger partial charge in [-0.25, -0.2) is 4.98 Å². The number of nitrogens with zero attached hydrogens (tertiary/aromatic N) is 2. The van der Waals surface area contributed by atoms with E-state index in [9.17, 15) is 9.59 Å². The number of unbranched alkanes of at least 4 members (excludes halogenated alkanes) is 2. The number of hydrogen-bond donors (Lipinski definition) is 2. The average Bonchev–Trinajstić information content (AvgIpc) is 2.77. The third kappa shape index (κ3) is 4.07. The summed E-state index contributed by atoms with van der Waals surface area (Å²) in [4.78, 5) is 27.1. The van der Waals surface area contributed by atoms with E-state index in [-0.39, 0.29) is 12.3 Å². The normalized spacial score (nSPS) is 10.8. The fourth-order valence-corrected chi connectivity index (χ4v) is 2.61. The molecule has 0 aliphatic heterocycles. The number of halogens is 1. The second-order valence-corrected chi connectivity index (χ2v) is 6.00. The summed E-state index contributed by atoms with van der Waals surface area (Å²) in [6, 6.07) is 3.73. The number of aliphatic carboxylic acids is 1. The number of carbonyl (C=O) groups is 2. The molecule has 0 fully saturated rings. The number of hydrogen-bond acceptors (Lipinski definition) is 3. The van der Waals surface area contributed by atoms with Gasteiger partial charge < -0.3 is 10.4 Å². The smallest absolute Gasteiger partial charge is 0.303 e. The summed E-state index contributed by atoms with van der Waals surface area (Å²) in [5.41, 5.74) is 1.94. The zero-order valence-electron chi connectivity index (χ0n) is 12.3. The lowest BCUT2D eigenvalue weighted by molar-refractivity contribution is -0.137. The molecule has 0 aliphatic carbocycles. The molecule has 2 aromatic rings. The lowest BCUT2D eigenvalue weighted by Gasteiger charge is -2.06. The average molecular weight is 368 g/mol. The molecule has 0 spiro atoms. The van der Waals surface area contributed by atoms with Crippen LogP contribution in [0.5, 0.6) is 0 Å². The summed E-state index contributed by atoms with van der Waals surface area (Å²) in [5.74, 6) is -0.947. The van der Waals surface area contributed by atoms with Crippen molar-refractivity contribution < 1.29 is 14.7 Å². The van der Waals surface area contributed by atoms with Crippen LogP contribution in [0.15, 0.2) is 22.8 Å². The van der Waals surface area contributed by atoms with Crippen LogP contribution >= 0.6 is 15.9 Å². The molecule has 0 radical (unpaired) electrons. The number of nitrogens with one attached hydrogen (secondary N) is 1. The monoisotopic (exact) mass is 367 g/mol. The van der Waals surface area contributed by atoms with E-state index in [4.69, 9.17) is 5.11 Å². The van der Waals surface area contributed by atoms with Crippen molar-refractivity contribution in [2.75, 3.05) is 6.54 Å². The molecule has 0 saturated heterocycles. The van der Waals surface area contributed by atoms with Crippen LogP contribution in [0.1, 0.15) is 41.9 Å². The molecule has 2 rings (SSSR count). The van der Waals surface area contributed by atoms with Gasteiger partial charge >= 0.3 is 5.97 Å². The molecule has 2 heterocycles. The molecule has 118 valence electrons. The Balaban J connectivity index is 1.94. The third-order valence-corrected chi connectivity index (χ3v) is 3.79. The molecule has 6 nitrogen and oxygen atoms in total. The maximum Gasteiger partial charge on any atom is 0.303 e. The molecule has 2 aromatic heterocycles. The van der Waals surface area contributed by atoms with Crippen molar-refractivity contribution in [1.82, 2.24) is 14.7 Å². The number of carboxylic acid groups (broad SMARTS) is 1. The minimum absolute atomic E-state index is 0.165. The summed E-state index contributed by atoms with van der Waals surface area (Å²) in [6.45, 7) is 2.34. The lowest BCUT2D eigenvalue weighted by atomic mass is 10.2. The third-order valence-electron chi connectivity index (χ3n) is 3.32. The topological polar surface area (TPSA) is 83.7 Å². The Labute approximate surface area is 136 Å². The van der Waals surface area contributed by atoms with E-state index in [1.54, 1.807) is 4.40 Å². The molecule has 0 atom stereocenters. The van der Waals surface area contributed by atoms with Crippen molar-refractivity contribution in [1.29, 1.82) is 0 Å². The van der Waals surface area contributed by atoms with Gasteiger partial charge in [-0.15, -0.1) is 0 Å². The number of rotatable bonds is 7. The van der Waals surface area contributed by atoms with Gasteiger partial charge in [0.1, 0.15) is 11.3 Å². The van der Waals surface area contributed by atoms with Crippen molar-refractivity contribution >= 4 is 33.5 Å². The molecular weight excluding hydrogens is 350 g/mol. The van der Waals surface area contributed by atoms with Crippen LogP contribution in [-0.2, 0) is 4.79 Å². The van der Waals surface area contributed by atoms with E-state index < -0.39 is 5.97 Å². The van der Waals surface area contributed by atoms with Gasteiger partial charge in [0, 0.05) is 23.6 Å².